The van der Waals surface area contributed by atoms with E-state index >= 15 is 0 Å². The van der Waals surface area contributed by atoms with E-state index in [1.807, 2.05) is 7.05 Å². The third kappa shape index (κ3) is 2.97. The van der Waals surface area contributed by atoms with Gasteiger partial charge in [0.25, 0.3) is 0 Å². The normalized spacial score (nSPS) is 31.0. The van der Waals surface area contributed by atoms with Crippen LogP contribution < -0.4 is 0 Å². The summed E-state index contributed by atoms with van der Waals surface area (Å²) in [5.74, 6) is 0.988. The molecule has 1 N–H and O–H groups in total. The quantitative estimate of drug-likeness (QED) is 0.755. The predicted octanol–water partition coefficient (Wildman–Crippen LogP) is 1.85. The minimum Gasteiger partial charge on any atom is -0.391 e. The molecule has 0 heterocycles. The van der Waals surface area contributed by atoms with Crippen molar-refractivity contribution < 1.29 is 9.90 Å². The van der Waals surface area contributed by atoms with Gasteiger partial charge in [0.2, 0.25) is 5.91 Å². The molecule has 0 radical (unpaired) electrons. The van der Waals surface area contributed by atoms with Crippen molar-refractivity contribution in [3.8, 4) is 0 Å². The van der Waals surface area contributed by atoms with E-state index in [0.29, 0.717) is 6.42 Å². The SMILES string of the molecule is CN(C(=O)CC1(CS)CC1)C1CCCCC1O. The lowest BCUT2D eigenvalue weighted by atomic mass is 9.91. The van der Waals surface area contributed by atoms with Gasteiger partial charge in [0.1, 0.15) is 0 Å². The van der Waals surface area contributed by atoms with Crippen LogP contribution in [0.1, 0.15) is 44.9 Å². The minimum absolute atomic E-state index is 0.0342. The average molecular weight is 257 g/mol. The number of carbonyl (C=O) groups excluding carboxylic acids is 1. The van der Waals surface area contributed by atoms with Gasteiger partial charge in [-0.2, -0.15) is 12.6 Å². The Balaban J connectivity index is 1.89. The van der Waals surface area contributed by atoms with E-state index in [0.717, 1.165) is 44.3 Å². The van der Waals surface area contributed by atoms with Crippen LogP contribution in [0.3, 0.4) is 0 Å². The first-order valence-electron chi connectivity index (χ1n) is 6.63. The molecule has 2 aliphatic rings. The molecule has 17 heavy (non-hydrogen) atoms. The molecule has 0 aromatic heterocycles. The third-order valence-corrected chi connectivity index (χ3v) is 5.07. The topological polar surface area (TPSA) is 40.5 Å². The standard InChI is InChI=1S/C13H23NO2S/c1-14(10-4-2-3-5-11(10)15)12(16)8-13(9-17)6-7-13/h10-11,15,17H,2-9H2,1H3. The highest BCUT2D eigenvalue weighted by Crippen LogP contribution is 2.50. The van der Waals surface area contributed by atoms with Gasteiger partial charge in [-0.1, -0.05) is 12.8 Å². The molecule has 4 heteroatoms. The Morgan fingerprint density at radius 1 is 1.41 bits per heavy atom. The van der Waals surface area contributed by atoms with Gasteiger partial charge in [-0.05, 0) is 36.9 Å². The van der Waals surface area contributed by atoms with Crippen molar-refractivity contribution in [3.63, 3.8) is 0 Å². The van der Waals surface area contributed by atoms with Gasteiger partial charge < -0.3 is 10.0 Å². The van der Waals surface area contributed by atoms with Crippen LogP contribution in [-0.4, -0.2) is 40.9 Å². The van der Waals surface area contributed by atoms with Crippen LogP contribution in [0.2, 0.25) is 0 Å². The molecule has 2 unspecified atom stereocenters. The van der Waals surface area contributed by atoms with Crippen LogP contribution in [0.25, 0.3) is 0 Å². The van der Waals surface area contributed by atoms with Crippen LogP contribution in [0, 0.1) is 5.41 Å². The molecule has 2 fully saturated rings. The largest absolute Gasteiger partial charge is 0.391 e. The minimum atomic E-state index is -0.330. The zero-order valence-electron chi connectivity index (χ0n) is 10.6. The van der Waals surface area contributed by atoms with Crippen LogP contribution in [0.4, 0.5) is 0 Å². The summed E-state index contributed by atoms with van der Waals surface area (Å²) >= 11 is 4.33. The van der Waals surface area contributed by atoms with E-state index in [2.05, 4.69) is 12.6 Å². The molecule has 0 saturated heterocycles. The lowest BCUT2D eigenvalue weighted by molar-refractivity contribution is -0.136. The molecule has 0 aliphatic heterocycles. The monoisotopic (exact) mass is 257 g/mol. The van der Waals surface area contributed by atoms with Crippen molar-refractivity contribution >= 4 is 18.5 Å². The summed E-state index contributed by atoms with van der Waals surface area (Å²) in [7, 11) is 1.84. The summed E-state index contributed by atoms with van der Waals surface area (Å²) in [6, 6.07) is 0.0342. The number of likely N-dealkylation sites (N-methyl/N-ethyl adjacent to an activating group) is 1. The van der Waals surface area contributed by atoms with E-state index < -0.39 is 0 Å². The number of thiol groups is 1. The van der Waals surface area contributed by atoms with Crippen LogP contribution in [-0.2, 0) is 4.79 Å². The molecule has 2 atom stereocenters. The fraction of sp³-hybridized carbons (Fsp3) is 0.923. The van der Waals surface area contributed by atoms with Gasteiger partial charge >= 0.3 is 0 Å². The van der Waals surface area contributed by atoms with Gasteiger partial charge in [-0.15, -0.1) is 0 Å². The molecule has 1 amide bonds. The third-order valence-electron chi connectivity index (χ3n) is 4.40. The van der Waals surface area contributed by atoms with Gasteiger partial charge in [-0.3, -0.25) is 4.79 Å². The number of rotatable bonds is 4. The lowest BCUT2D eigenvalue weighted by Gasteiger charge is -2.35. The Bertz CT molecular complexity index is 291. The number of aliphatic hydroxyl groups excluding tert-OH is 1. The van der Waals surface area contributed by atoms with Gasteiger partial charge in [0, 0.05) is 13.5 Å². The Morgan fingerprint density at radius 3 is 2.59 bits per heavy atom. The van der Waals surface area contributed by atoms with Crippen molar-refractivity contribution in [2.75, 3.05) is 12.8 Å². The Morgan fingerprint density at radius 2 is 2.06 bits per heavy atom. The summed E-state index contributed by atoms with van der Waals surface area (Å²) in [6.07, 6.45) is 6.51. The van der Waals surface area contributed by atoms with E-state index in [1.54, 1.807) is 4.90 Å². The predicted molar refractivity (Wildman–Crippen MR) is 71.2 cm³/mol. The van der Waals surface area contributed by atoms with E-state index in [1.165, 1.54) is 0 Å². The molecule has 0 bridgehead atoms. The Kier molecular flexibility index (Phi) is 4.03. The Labute approximate surface area is 109 Å². The molecule has 3 nitrogen and oxygen atoms in total. The first-order valence-corrected chi connectivity index (χ1v) is 7.26. The highest BCUT2D eigenvalue weighted by Gasteiger charge is 2.44. The molecular formula is C13H23NO2S. The Hall–Kier alpha value is -0.220. The maximum Gasteiger partial charge on any atom is 0.223 e. The second kappa shape index (κ2) is 5.19. The van der Waals surface area contributed by atoms with Gasteiger partial charge in [0.15, 0.2) is 0 Å². The first-order chi connectivity index (χ1) is 8.08. The summed E-state index contributed by atoms with van der Waals surface area (Å²) < 4.78 is 0. The number of amides is 1. The van der Waals surface area contributed by atoms with Crippen molar-refractivity contribution in [1.82, 2.24) is 4.90 Å². The second-order valence-corrected chi connectivity index (χ2v) is 6.07. The van der Waals surface area contributed by atoms with Gasteiger partial charge in [-0.25, -0.2) is 0 Å². The zero-order valence-corrected chi connectivity index (χ0v) is 11.5. The molecule has 0 aromatic carbocycles. The van der Waals surface area contributed by atoms with Gasteiger partial charge in [0.05, 0.1) is 12.1 Å². The lowest BCUT2D eigenvalue weighted by Crippen LogP contribution is -2.46. The van der Waals surface area contributed by atoms with Crippen LogP contribution >= 0.6 is 12.6 Å². The van der Waals surface area contributed by atoms with E-state index in [-0.39, 0.29) is 23.5 Å². The summed E-state index contributed by atoms with van der Waals surface area (Å²) in [5, 5.41) is 9.95. The maximum absolute atomic E-state index is 12.2. The molecule has 0 spiro atoms. The number of carbonyl (C=O) groups is 1. The number of hydrogen-bond donors (Lipinski definition) is 2. The average Bonchev–Trinajstić information content (AvgIpc) is 3.09. The van der Waals surface area contributed by atoms with Crippen LogP contribution in [0.5, 0.6) is 0 Å². The zero-order chi connectivity index (χ0) is 12.5. The first kappa shape index (κ1) is 13.2. The van der Waals surface area contributed by atoms with Crippen molar-refractivity contribution in [2.24, 2.45) is 5.41 Å². The number of aliphatic hydroxyl groups is 1. The van der Waals surface area contributed by atoms with E-state index in [4.69, 9.17) is 0 Å². The number of nitrogens with zero attached hydrogens (tertiary/aromatic N) is 1. The highest BCUT2D eigenvalue weighted by atomic mass is 32.1. The fourth-order valence-electron chi connectivity index (χ4n) is 2.74. The van der Waals surface area contributed by atoms with Crippen molar-refractivity contribution in [2.45, 2.75) is 57.1 Å². The second-order valence-electron chi connectivity index (χ2n) is 5.76. The van der Waals surface area contributed by atoms with Crippen molar-refractivity contribution in [3.05, 3.63) is 0 Å². The molecular weight excluding hydrogens is 234 g/mol. The van der Waals surface area contributed by atoms with Crippen LogP contribution in [0.15, 0.2) is 0 Å². The smallest absolute Gasteiger partial charge is 0.223 e. The van der Waals surface area contributed by atoms with Crippen molar-refractivity contribution in [1.29, 1.82) is 0 Å². The summed E-state index contributed by atoms with van der Waals surface area (Å²) in [5.41, 5.74) is 0.175. The molecule has 98 valence electrons. The number of hydrogen-bond acceptors (Lipinski definition) is 3. The summed E-state index contributed by atoms with van der Waals surface area (Å²) in [6.45, 7) is 0. The summed E-state index contributed by atoms with van der Waals surface area (Å²) in [4.78, 5) is 14.0. The van der Waals surface area contributed by atoms with E-state index in [9.17, 15) is 9.90 Å². The fourth-order valence-corrected chi connectivity index (χ4v) is 3.17. The molecule has 2 aliphatic carbocycles. The maximum atomic E-state index is 12.2. The molecule has 0 aromatic rings. The molecule has 2 rings (SSSR count). The highest BCUT2D eigenvalue weighted by molar-refractivity contribution is 7.80. The molecule has 2 saturated carbocycles.